The Morgan fingerprint density at radius 2 is 1.42 bits per heavy atom. The van der Waals surface area contributed by atoms with Gasteiger partial charge in [0, 0.05) is 22.8 Å². The first-order valence-electron chi connectivity index (χ1n) is 24.7. The number of carbonyl (C=O) groups excluding carboxylic acids is 4. The summed E-state index contributed by atoms with van der Waals surface area (Å²) >= 11 is 1.78. The van der Waals surface area contributed by atoms with E-state index in [4.69, 9.17) is 19.4 Å². The van der Waals surface area contributed by atoms with E-state index >= 15 is 0 Å². The Labute approximate surface area is 405 Å². The summed E-state index contributed by atoms with van der Waals surface area (Å²) in [4.78, 5) is 74.8. The molecular weight excluding hydrogens is 889 g/mol. The Morgan fingerprint density at radius 3 is 2.13 bits per heavy atom. The van der Waals surface area contributed by atoms with E-state index in [1.807, 2.05) is 37.5 Å². The maximum absolute atomic E-state index is 14.3. The highest BCUT2D eigenvalue weighted by Gasteiger charge is 2.38. The third-order valence-electron chi connectivity index (χ3n) is 14.6. The molecule has 4 heterocycles. The summed E-state index contributed by atoms with van der Waals surface area (Å²) in [6, 6.07) is 22.7. The van der Waals surface area contributed by atoms with E-state index < -0.39 is 24.3 Å². The highest BCUT2D eigenvalue weighted by molar-refractivity contribution is 7.23. The number of alkyl carbamates (subject to hydrolysis) is 2. The lowest BCUT2D eigenvalue weighted by Gasteiger charge is -2.37. The third-order valence-corrected chi connectivity index (χ3v) is 15.8. The van der Waals surface area contributed by atoms with Crippen molar-refractivity contribution in [3.63, 3.8) is 0 Å². The Morgan fingerprint density at radius 1 is 0.739 bits per heavy atom. The van der Waals surface area contributed by atoms with Gasteiger partial charge in [-0.05, 0) is 114 Å². The Hall–Kier alpha value is -6.48. The molecule has 0 radical (unpaired) electrons. The van der Waals surface area contributed by atoms with Gasteiger partial charge in [0.15, 0.2) is 0 Å². The predicted molar refractivity (Wildman–Crippen MR) is 271 cm³/mol. The molecule has 360 valence electrons. The summed E-state index contributed by atoms with van der Waals surface area (Å²) < 4.78 is 10.9. The summed E-state index contributed by atoms with van der Waals surface area (Å²) in [7, 11) is 2.63. The number of amides is 4. The predicted octanol–water partition coefficient (Wildman–Crippen LogP) is 11.1. The van der Waals surface area contributed by atoms with Crippen molar-refractivity contribution < 1.29 is 28.7 Å². The molecule has 4 aromatic carbocycles. The Kier molecular flexibility index (Phi) is 12.8. The second kappa shape index (κ2) is 19.1. The zero-order valence-corrected chi connectivity index (χ0v) is 41.1. The Bertz CT molecular complexity index is 3090. The first-order valence-corrected chi connectivity index (χ1v) is 25.5. The SMILES string of the molecule is COC(=O)N[C@H](C(=O)N(Cc1nc2ccc3cc(-c4ccc(-c5ccc6c(ccc7nc(C8CCCN8C(=O)[C@@H](NC(=O)OC)C(C)C)[nH]c76)c5)cc4C4CC4)sc3c2[nH]1)C1CCCCC1)C(C)C. The van der Waals surface area contributed by atoms with Gasteiger partial charge in [0.1, 0.15) is 23.7 Å². The van der Waals surface area contributed by atoms with E-state index in [2.05, 4.69) is 87.3 Å². The van der Waals surface area contributed by atoms with Gasteiger partial charge in [0.2, 0.25) is 11.8 Å². The van der Waals surface area contributed by atoms with Gasteiger partial charge in [-0.3, -0.25) is 9.59 Å². The molecule has 15 heteroatoms. The lowest BCUT2D eigenvalue weighted by atomic mass is 9.92. The van der Waals surface area contributed by atoms with Crippen molar-refractivity contribution in [2.24, 2.45) is 11.8 Å². The minimum absolute atomic E-state index is 0.0733. The van der Waals surface area contributed by atoms with Crippen molar-refractivity contribution in [3.05, 3.63) is 83.9 Å². The molecule has 4 N–H and O–H groups in total. The molecule has 1 aliphatic heterocycles. The highest BCUT2D eigenvalue weighted by Crippen LogP contribution is 2.48. The van der Waals surface area contributed by atoms with Gasteiger partial charge in [0.25, 0.3) is 0 Å². The van der Waals surface area contributed by atoms with Crippen LogP contribution in [0, 0.1) is 11.8 Å². The van der Waals surface area contributed by atoms with Crippen LogP contribution in [0.15, 0.2) is 66.7 Å². The number of carbonyl (C=O) groups is 4. The highest BCUT2D eigenvalue weighted by atomic mass is 32.1. The normalized spacial score (nSPS) is 17.6. The first-order chi connectivity index (χ1) is 33.4. The van der Waals surface area contributed by atoms with Crippen LogP contribution in [-0.4, -0.2) is 92.6 Å². The minimum Gasteiger partial charge on any atom is -0.453 e. The van der Waals surface area contributed by atoms with E-state index in [-0.39, 0.29) is 35.7 Å². The molecule has 10 rings (SSSR count). The van der Waals surface area contributed by atoms with Gasteiger partial charge in [-0.1, -0.05) is 89.4 Å². The smallest absolute Gasteiger partial charge is 0.407 e. The molecule has 14 nitrogen and oxygen atoms in total. The molecule has 3 aliphatic rings. The van der Waals surface area contributed by atoms with Crippen molar-refractivity contribution in [1.82, 2.24) is 40.4 Å². The number of rotatable bonds is 13. The zero-order chi connectivity index (χ0) is 48.1. The standard InChI is InChI=1S/C54H62N8O6S/c1-29(2)45(59-53(65)67-5)51(63)61-24-10-13-42(61)50-56-40-22-18-34-25-32(16-20-37(34)47(40)58-50)33-17-21-38(39(26-33)31-14-15-31)43-27-35-19-23-41-48(49(35)69-43)57-44(55-41)28-62(36-11-8-7-9-12-36)52(64)46(30(3)4)60-54(66)68-6/h16-23,25-27,29-31,36,42,45-46H,7-15,24,28H2,1-6H3,(H,55,57)(H,56,58)(H,59,65)(H,60,66)/t42?,45-,46-/m0/s1. The van der Waals surface area contributed by atoms with E-state index in [0.29, 0.717) is 19.0 Å². The van der Waals surface area contributed by atoms with Gasteiger partial charge in [-0.15, -0.1) is 11.3 Å². The van der Waals surface area contributed by atoms with Crippen molar-refractivity contribution in [3.8, 4) is 21.6 Å². The van der Waals surface area contributed by atoms with Gasteiger partial charge in [0.05, 0.1) is 53.6 Å². The fraction of sp³-hybridized carbons (Fsp3) is 0.444. The molecule has 69 heavy (non-hydrogen) atoms. The number of nitrogens with zero attached hydrogens (tertiary/aromatic N) is 4. The molecule has 0 bridgehead atoms. The van der Waals surface area contributed by atoms with Crippen LogP contribution in [0.25, 0.3) is 64.5 Å². The molecule has 3 aromatic heterocycles. The number of hydrogen-bond acceptors (Lipinski definition) is 9. The summed E-state index contributed by atoms with van der Waals surface area (Å²) in [5.41, 5.74) is 8.59. The van der Waals surface area contributed by atoms with Crippen LogP contribution in [0.1, 0.15) is 115 Å². The molecule has 4 amide bonds. The molecule has 1 saturated heterocycles. The average molecular weight is 951 g/mol. The molecular formula is C54H62N8O6S. The summed E-state index contributed by atoms with van der Waals surface area (Å²) in [6.07, 6.45) is 7.90. The lowest BCUT2D eigenvalue weighted by Crippen LogP contribution is -2.54. The minimum atomic E-state index is -0.705. The first kappa shape index (κ1) is 46.3. The molecule has 2 saturated carbocycles. The van der Waals surface area contributed by atoms with Crippen LogP contribution in [0.3, 0.4) is 0 Å². The number of imidazole rings is 2. The summed E-state index contributed by atoms with van der Waals surface area (Å²) in [5.74, 6) is 1.54. The number of aromatic amines is 2. The van der Waals surface area contributed by atoms with Gasteiger partial charge >= 0.3 is 12.2 Å². The van der Waals surface area contributed by atoms with Crippen LogP contribution >= 0.6 is 11.3 Å². The number of aromatic nitrogens is 4. The lowest BCUT2D eigenvalue weighted by molar-refractivity contribution is -0.138. The van der Waals surface area contributed by atoms with Crippen molar-refractivity contribution in [2.45, 2.75) is 122 Å². The monoisotopic (exact) mass is 950 g/mol. The molecule has 7 aromatic rings. The molecule has 0 spiro atoms. The van der Waals surface area contributed by atoms with Crippen molar-refractivity contribution in [1.29, 1.82) is 0 Å². The maximum Gasteiger partial charge on any atom is 0.407 e. The van der Waals surface area contributed by atoms with Crippen LogP contribution in [0.2, 0.25) is 0 Å². The average Bonchev–Trinajstić information content (AvgIpc) is 3.68. The number of ether oxygens (including phenoxy) is 2. The summed E-state index contributed by atoms with van der Waals surface area (Å²) in [6.45, 7) is 8.66. The van der Waals surface area contributed by atoms with E-state index in [1.54, 1.807) is 11.3 Å². The third kappa shape index (κ3) is 9.13. The number of likely N-dealkylation sites (tertiary alicyclic amines) is 1. The number of fused-ring (bicyclic) bond motifs is 6. The van der Waals surface area contributed by atoms with Crippen molar-refractivity contribution in [2.75, 3.05) is 20.8 Å². The van der Waals surface area contributed by atoms with Gasteiger partial charge in [-0.25, -0.2) is 19.6 Å². The van der Waals surface area contributed by atoms with Crippen LogP contribution in [-0.2, 0) is 25.6 Å². The topological polar surface area (TPSA) is 175 Å². The fourth-order valence-corrected chi connectivity index (χ4v) is 11.9. The second-order valence-electron chi connectivity index (χ2n) is 19.9. The number of nitrogens with one attached hydrogen (secondary N) is 4. The molecule has 3 fully saturated rings. The number of H-pyrrole nitrogens is 2. The number of methoxy groups -OCH3 is 2. The molecule has 1 unspecified atom stereocenters. The maximum atomic E-state index is 14.3. The largest absolute Gasteiger partial charge is 0.453 e. The molecule has 2 aliphatic carbocycles. The number of hydrogen-bond donors (Lipinski definition) is 4. The van der Waals surface area contributed by atoms with Crippen LogP contribution in [0.5, 0.6) is 0 Å². The van der Waals surface area contributed by atoms with E-state index in [0.717, 1.165) is 105 Å². The van der Waals surface area contributed by atoms with E-state index in [9.17, 15) is 19.2 Å². The van der Waals surface area contributed by atoms with E-state index in [1.165, 1.54) is 48.6 Å². The summed E-state index contributed by atoms with van der Waals surface area (Å²) in [5, 5.41) is 8.86. The van der Waals surface area contributed by atoms with Crippen LogP contribution < -0.4 is 10.6 Å². The van der Waals surface area contributed by atoms with Gasteiger partial charge < -0.3 is 39.9 Å². The fourth-order valence-electron chi connectivity index (χ4n) is 10.7. The zero-order valence-electron chi connectivity index (χ0n) is 40.3. The molecule has 3 atom stereocenters. The number of benzene rings is 4. The van der Waals surface area contributed by atoms with Crippen molar-refractivity contribution >= 4 is 78.3 Å². The van der Waals surface area contributed by atoms with Crippen LogP contribution in [0.4, 0.5) is 9.59 Å². The quantitative estimate of drug-likeness (QED) is 0.0883. The number of thiophene rings is 1. The Balaban J connectivity index is 0.918. The van der Waals surface area contributed by atoms with Gasteiger partial charge in [-0.2, -0.15) is 0 Å². The second-order valence-corrected chi connectivity index (χ2v) is 21.0.